The average molecular weight is 204 g/mol. The predicted molar refractivity (Wildman–Crippen MR) is 62.5 cm³/mol. The van der Waals surface area contributed by atoms with E-state index in [9.17, 15) is 4.79 Å². The van der Waals surface area contributed by atoms with E-state index >= 15 is 0 Å². The first kappa shape index (κ1) is 11.4. The molecule has 1 rings (SSSR count). The lowest BCUT2D eigenvalue weighted by atomic mass is 10.1. The molecule has 0 spiro atoms. The molecule has 0 fully saturated rings. The summed E-state index contributed by atoms with van der Waals surface area (Å²) in [6, 6.07) is 0. The first-order chi connectivity index (χ1) is 6.93. The Balaban J connectivity index is 3.12. The van der Waals surface area contributed by atoms with Crippen molar-refractivity contribution in [3.8, 4) is 0 Å². The second-order valence-electron chi connectivity index (χ2n) is 3.91. The number of hydrogen-bond donors (Lipinski definition) is 1. The lowest BCUT2D eigenvalue weighted by Gasteiger charge is -1.98. The number of rotatable bonds is 2. The van der Waals surface area contributed by atoms with E-state index in [0.717, 1.165) is 11.1 Å². The van der Waals surface area contributed by atoms with Gasteiger partial charge in [0.15, 0.2) is 5.78 Å². The number of aliphatic imine (C=N–C) groups is 1. The highest BCUT2D eigenvalue weighted by atomic mass is 16.1. The lowest BCUT2D eigenvalue weighted by molar-refractivity contribution is -0.113. The summed E-state index contributed by atoms with van der Waals surface area (Å²) in [5, 5.41) is 0. The highest BCUT2D eigenvalue weighted by Gasteiger charge is 2.24. The van der Waals surface area contributed by atoms with Crippen LogP contribution in [0.1, 0.15) is 27.2 Å². The van der Waals surface area contributed by atoms with E-state index < -0.39 is 0 Å². The Kier molecular flexibility index (Phi) is 3.24. The summed E-state index contributed by atoms with van der Waals surface area (Å²) in [5.41, 5.74) is 9.49. The van der Waals surface area contributed by atoms with Gasteiger partial charge in [-0.05, 0) is 26.3 Å². The van der Waals surface area contributed by atoms with Crippen LogP contribution in [0.2, 0.25) is 0 Å². The summed E-state index contributed by atoms with van der Waals surface area (Å²) in [4.78, 5) is 15.5. The second-order valence-corrected chi connectivity index (χ2v) is 3.91. The summed E-state index contributed by atoms with van der Waals surface area (Å²) in [7, 11) is 0. The van der Waals surface area contributed by atoms with Gasteiger partial charge in [0, 0.05) is 18.2 Å². The minimum Gasteiger partial charge on any atom is -0.397 e. The molecule has 0 atom stereocenters. The summed E-state index contributed by atoms with van der Waals surface area (Å²) >= 11 is 0. The highest BCUT2D eigenvalue weighted by Crippen LogP contribution is 2.25. The molecule has 0 unspecified atom stereocenters. The monoisotopic (exact) mass is 204 g/mol. The zero-order valence-corrected chi connectivity index (χ0v) is 9.42. The molecular weight excluding hydrogens is 188 g/mol. The maximum atomic E-state index is 11.2. The number of hydrogen-bond acceptors (Lipinski definition) is 3. The molecule has 2 N–H and O–H groups in total. The van der Waals surface area contributed by atoms with Gasteiger partial charge < -0.3 is 5.73 Å². The Morgan fingerprint density at radius 2 is 2.07 bits per heavy atom. The smallest absolute Gasteiger partial charge is 0.158 e. The van der Waals surface area contributed by atoms with Crippen LogP contribution in [-0.2, 0) is 4.79 Å². The number of nitrogens with two attached hydrogens (primary N) is 1. The van der Waals surface area contributed by atoms with E-state index in [4.69, 9.17) is 5.73 Å². The fourth-order valence-corrected chi connectivity index (χ4v) is 1.39. The standard InChI is InChI=1S/C12H16N2O/c1-7(2)6-14-12-8(3)5-10(9(4)15)11(12)13/h6H,3,5,13H2,1-2,4H3/b14-12+. The molecule has 0 aromatic carbocycles. The average Bonchev–Trinajstić information content (AvgIpc) is 2.39. The molecule has 0 amide bonds. The van der Waals surface area contributed by atoms with E-state index in [1.807, 2.05) is 13.8 Å². The van der Waals surface area contributed by atoms with Crippen molar-refractivity contribution >= 4 is 11.5 Å². The summed E-state index contributed by atoms with van der Waals surface area (Å²) in [6.07, 6.45) is 2.26. The Bertz CT molecular complexity index is 407. The van der Waals surface area contributed by atoms with Crippen LogP contribution in [0.15, 0.2) is 40.2 Å². The molecule has 1 aliphatic rings. The van der Waals surface area contributed by atoms with Gasteiger partial charge in [-0.25, -0.2) is 0 Å². The first-order valence-corrected chi connectivity index (χ1v) is 4.82. The van der Waals surface area contributed by atoms with Gasteiger partial charge in [-0.3, -0.25) is 9.79 Å². The maximum absolute atomic E-state index is 11.2. The second kappa shape index (κ2) is 4.26. The number of ketones is 1. The van der Waals surface area contributed by atoms with Gasteiger partial charge in [0.05, 0.1) is 11.4 Å². The first-order valence-electron chi connectivity index (χ1n) is 4.82. The van der Waals surface area contributed by atoms with Gasteiger partial charge in [0.2, 0.25) is 0 Å². The van der Waals surface area contributed by atoms with E-state index in [1.54, 1.807) is 6.20 Å². The fraction of sp³-hybridized carbons (Fsp3) is 0.333. The molecule has 0 heterocycles. The van der Waals surface area contributed by atoms with Crippen LogP contribution in [0.3, 0.4) is 0 Å². The predicted octanol–water partition coefficient (Wildman–Crippen LogP) is 2.11. The van der Waals surface area contributed by atoms with E-state index in [1.165, 1.54) is 6.92 Å². The molecule has 0 aliphatic heterocycles. The molecule has 3 nitrogen and oxygen atoms in total. The van der Waals surface area contributed by atoms with Crippen LogP contribution in [0.4, 0.5) is 0 Å². The topological polar surface area (TPSA) is 55.5 Å². The normalized spacial score (nSPS) is 18.6. The minimum atomic E-state index is -0.00366. The van der Waals surface area contributed by atoms with Crippen molar-refractivity contribution < 1.29 is 4.79 Å². The molecular formula is C12H16N2O. The third-order valence-electron chi connectivity index (χ3n) is 2.18. The quantitative estimate of drug-likeness (QED) is 0.749. The van der Waals surface area contributed by atoms with E-state index in [-0.39, 0.29) is 5.78 Å². The largest absolute Gasteiger partial charge is 0.397 e. The van der Waals surface area contributed by atoms with E-state index in [2.05, 4.69) is 11.6 Å². The van der Waals surface area contributed by atoms with Crippen molar-refractivity contribution in [1.82, 2.24) is 0 Å². The lowest BCUT2D eigenvalue weighted by Crippen LogP contribution is -2.10. The Labute approximate surface area is 90.1 Å². The van der Waals surface area contributed by atoms with Gasteiger partial charge in [-0.1, -0.05) is 12.2 Å². The van der Waals surface area contributed by atoms with Crippen LogP contribution >= 0.6 is 0 Å². The van der Waals surface area contributed by atoms with Gasteiger partial charge in [-0.15, -0.1) is 0 Å². The summed E-state index contributed by atoms with van der Waals surface area (Å²) in [6.45, 7) is 9.28. The van der Waals surface area contributed by atoms with Crippen molar-refractivity contribution in [2.24, 2.45) is 10.7 Å². The van der Waals surface area contributed by atoms with Crippen LogP contribution in [-0.4, -0.2) is 11.5 Å². The number of carbonyl (C=O) groups is 1. The molecule has 0 saturated heterocycles. The summed E-state index contributed by atoms with van der Waals surface area (Å²) < 4.78 is 0. The molecule has 0 saturated carbocycles. The molecule has 0 aromatic rings. The van der Waals surface area contributed by atoms with Crippen molar-refractivity contribution in [2.75, 3.05) is 0 Å². The number of allylic oxidation sites excluding steroid dienone is 3. The fourth-order valence-electron chi connectivity index (χ4n) is 1.39. The molecule has 0 aromatic heterocycles. The van der Waals surface area contributed by atoms with Gasteiger partial charge >= 0.3 is 0 Å². The molecule has 15 heavy (non-hydrogen) atoms. The Morgan fingerprint density at radius 3 is 2.47 bits per heavy atom. The highest BCUT2D eigenvalue weighted by molar-refractivity contribution is 6.20. The molecule has 0 bridgehead atoms. The van der Waals surface area contributed by atoms with Crippen LogP contribution in [0.5, 0.6) is 0 Å². The Morgan fingerprint density at radius 1 is 1.47 bits per heavy atom. The van der Waals surface area contributed by atoms with Crippen molar-refractivity contribution in [3.63, 3.8) is 0 Å². The minimum absolute atomic E-state index is 0.00366. The zero-order chi connectivity index (χ0) is 11.6. The van der Waals surface area contributed by atoms with Crippen LogP contribution in [0.25, 0.3) is 0 Å². The zero-order valence-electron chi connectivity index (χ0n) is 9.42. The number of nitrogens with zero attached hydrogens (tertiary/aromatic N) is 1. The third-order valence-corrected chi connectivity index (χ3v) is 2.18. The van der Waals surface area contributed by atoms with Gasteiger partial charge in [0.1, 0.15) is 0 Å². The van der Waals surface area contributed by atoms with E-state index in [0.29, 0.717) is 23.4 Å². The molecule has 1 aliphatic carbocycles. The number of Topliss-reactive ketones (excluding diaryl/α,β-unsaturated/α-hetero) is 1. The third kappa shape index (κ3) is 2.43. The van der Waals surface area contributed by atoms with Crippen molar-refractivity contribution in [2.45, 2.75) is 27.2 Å². The van der Waals surface area contributed by atoms with Crippen LogP contribution in [0, 0.1) is 0 Å². The SMILES string of the molecule is C=C1CC(C(C)=O)=C(N)/C1=N/C=C(C)C. The molecule has 0 radical (unpaired) electrons. The van der Waals surface area contributed by atoms with Crippen molar-refractivity contribution in [1.29, 1.82) is 0 Å². The molecule has 80 valence electrons. The Hall–Kier alpha value is -1.64. The van der Waals surface area contributed by atoms with Crippen molar-refractivity contribution in [3.05, 3.63) is 35.2 Å². The van der Waals surface area contributed by atoms with Crippen LogP contribution < -0.4 is 5.73 Å². The van der Waals surface area contributed by atoms with Gasteiger partial charge in [-0.2, -0.15) is 0 Å². The van der Waals surface area contributed by atoms with Gasteiger partial charge in [0.25, 0.3) is 0 Å². The summed E-state index contributed by atoms with van der Waals surface area (Å²) in [5.74, 6) is -0.00366. The number of carbonyl (C=O) groups excluding carboxylic acids is 1. The maximum Gasteiger partial charge on any atom is 0.158 e. The molecule has 3 heteroatoms.